The molecule has 1 aliphatic heterocycles. The van der Waals surface area contributed by atoms with Gasteiger partial charge in [-0.25, -0.2) is 4.98 Å². The minimum Gasteiger partial charge on any atom is -0.469 e. The van der Waals surface area contributed by atoms with E-state index in [0.717, 1.165) is 18.9 Å². The Labute approximate surface area is 140 Å². The maximum Gasteiger partial charge on any atom is 0.255 e. The number of aromatic nitrogens is 1. The molecule has 1 N–H and O–H groups in total. The zero-order valence-electron chi connectivity index (χ0n) is 13.6. The van der Waals surface area contributed by atoms with Crippen LogP contribution in [0.5, 0.6) is 0 Å². The number of furan rings is 1. The molecule has 0 spiro atoms. The lowest BCUT2D eigenvalue weighted by Gasteiger charge is -2.35. The highest BCUT2D eigenvalue weighted by atomic mass is 16.3. The molecule has 7 heteroatoms. The summed E-state index contributed by atoms with van der Waals surface area (Å²) in [6.07, 6.45) is 3.23. The summed E-state index contributed by atoms with van der Waals surface area (Å²) in [5.74, 6) is 1.10. The summed E-state index contributed by atoms with van der Waals surface area (Å²) >= 11 is 0. The zero-order valence-corrected chi connectivity index (χ0v) is 13.6. The summed E-state index contributed by atoms with van der Waals surface area (Å²) in [6.45, 7) is 4.42. The van der Waals surface area contributed by atoms with Crippen LogP contribution in [0.2, 0.25) is 0 Å². The van der Waals surface area contributed by atoms with E-state index in [4.69, 9.17) is 4.42 Å². The van der Waals surface area contributed by atoms with Crippen LogP contribution in [0, 0.1) is 6.92 Å². The molecule has 0 radical (unpaired) electrons. The van der Waals surface area contributed by atoms with Crippen molar-refractivity contribution in [2.24, 2.45) is 0 Å². The monoisotopic (exact) mass is 328 g/mol. The van der Waals surface area contributed by atoms with E-state index in [1.165, 1.54) is 6.26 Å². The van der Waals surface area contributed by atoms with Crippen molar-refractivity contribution in [3.8, 4) is 0 Å². The first-order chi connectivity index (χ1) is 11.6. The number of carbonyl (C=O) groups excluding carboxylic acids is 2. The van der Waals surface area contributed by atoms with Gasteiger partial charge in [-0.15, -0.1) is 0 Å². The Balaban J connectivity index is 1.47. The van der Waals surface area contributed by atoms with E-state index in [0.29, 0.717) is 24.4 Å². The van der Waals surface area contributed by atoms with Crippen LogP contribution in [0.25, 0.3) is 0 Å². The zero-order chi connectivity index (χ0) is 16.9. The van der Waals surface area contributed by atoms with E-state index in [2.05, 4.69) is 15.2 Å². The molecule has 3 rings (SSSR count). The molecule has 24 heavy (non-hydrogen) atoms. The van der Waals surface area contributed by atoms with Crippen LogP contribution in [0.3, 0.4) is 0 Å². The van der Waals surface area contributed by atoms with Crippen molar-refractivity contribution >= 4 is 17.6 Å². The van der Waals surface area contributed by atoms with E-state index >= 15 is 0 Å². The Morgan fingerprint density at radius 3 is 2.62 bits per heavy atom. The number of hydrogen-bond donors (Lipinski definition) is 1. The van der Waals surface area contributed by atoms with Crippen LogP contribution in [-0.4, -0.2) is 54.4 Å². The quantitative estimate of drug-likeness (QED) is 0.908. The summed E-state index contributed by atoms with van der Waals surface area (Å²) in [6, 6.07) is 7.40. The smallest absolute Gasteiger partial charge is 0.255 e. The number of hydrogen-bond acceptors (Lipinski definition) is 5. The van der Waals surface area contributed by atoms with Crippen molar-refractivity contribution in [1.82, 2.24) is 15.2 Å². The average Bonchev–Trinajstić information content (AvgIpc) is 3.06. The summed E-state index contributed by atoms with van der Waals surface area (Å²) in [7, 11) is 0. The van der Waals surface area contributed by atoms with Crippen molar-refractivity contribution < 1.29 is 14.0 Å². The van der Waals surface area contributed by atoms with E-state index in [1.54, 1.807) is 24.1 Å². The fourth-order valence-corrected chi connectivity index (χ4v) is 2.71. The van der Waals surface area contributed by atoms with Crippen molar-refractivity contribution in [1.29, 1.82) is 0 Å². The van der Waals surface area contributed by atoms with Crippen molar-refractivity contribution in [3.63, 3.8) is 0 Å². The number of pyridine rings is 1. The molecule has 0 saturated carbocycles. The van der Waals surface area contributed by atoms with Gasteiger partial charge in [0.1, 0.15) is 11.6 Å². The molecule has 2 aromatic heterocycles. The van der Waals surface area contributed by atoms with Crippen LogP contribution < -0.4 is 10.2 Å². The number of aryl methyl sites for hydroxylation is 1. The summed E-state index contributed by atoms with van der Waals surface area (Å²) in [5.41, 5.74) is 0.461. The Bertz CT molecular complexity index is 706. The van der Waals surface area contributed by atoms with Gasteiger partial charge in [-0.1, -0.05) is 6.07 Å². The Hall–Kier alpha value is -2.83. The van der Waals surface area contributed by atoms with Gasteiger partial charge in [0.25, 0.3) is 5.91 Å². The first-order valence-electron chi connectivity index (χ1n) is 7.91. The number of carbonyl (C=O) groups is 2. The minimum atomic E-state index is -0.290. The predicted molar refractivity (Wildman–Crippen MR) is 88.8 cm³/mol. The molecule has 0 unspecified atom stereocenters. The van der Waals surface area contributed by atoms with Gasteiger partial charge in [0.2, 0.25) is 5.91 Å². The highest BCUT2D eigenvalue weighted by Crippen LogP contribution is 2.12. The third kappa shape index (κ3) is 3.56. The second-order valence-corrected chi connectivity index (χ2v) is 5.63. The molecular weight excluding hydrogens is 308 g/mol. The number of nitrogens with one attached hydrogen (secondary N) is 1. The maximum absolute atomic E-state index is 12.3. The van der Waals surface area contributed by atoms with Gasteiger partial charge < -0.3 is 19.5 Å². The Kier molecular flexibility index (Phi) is 4.79. The second-order valence-electron chi connectivity index (χ2n) is 5.63. The number of anilines is 1. The lowest BCUT2D eigenvalue weighted by atomic mass is 10.2. The van der Waals surface area contributed by atoms with Gasteiger partial charge in [0, 0.05) is 32.4 Å². The SMILES string of the molecule is Cc1occc1C(=O)NCC(=O)N1CCN(c2ccccn2)CC1. The van der Waals surface area contributed by atoms with Crippen molar-refractivity contribution in [2.75, 3.05) is 37.6 Å². The van der Waals surface area contributed by atoms with Gasteiger partial charge in [0.05, 0.1) is 18.4 Å². The minimum absolute atomic E-state index is 0.00690. The molecular formula is C17H20N4O3. The first kappa shape index (κ1) is 16.0. The lowest BCUT2D eigenvalue weighted by molar-refractivity contribution is -0.130. The molecule has 7 nitrogen and oxygen atoms in total. The normalized spacial score (nSPS) is 14.5. The largest absolute Gasteiger partial charge is 0.469 e. The molecule has 3 heterocycles. The van der Waals surface area contributed by atoms with E-state index in [9.17, 15) is 9.59 Å². The van der Waals surface area contributed by atoms with Gasteiger partial charge in [0.15, 0.2) is 0 Å². The van der Waals surface area contributed by atoms with Crippen molar-refractivity contribution in [2.45, 2.75) is 6.92 Å². The number of nitrogens with zero attached hydrogens (tertiary/aromatic N) is 3. The predicted octanol–water partition coefficient (Wildman–Crippen LogP) is 1.06. The third-order valence-electron chi connectivity index (χ3n) is 4.11. The fraction of sp³-hybridized carbons (Fsp3) is 0.353. The van der Waals surface area contributed by atoms with Crippen LogP contribution in [0.1, 0.15) is 16.1 Å². The number of rotatable bonds is 4. The van der Waals surface area contributed by atoms with Crippen LogP contribution in [0.15, 0.2) is 41.1 Å². The summed E-state index contributed by atoms with van der Waals surface area (Å²) < 4.78 is 5.09. The average molecular weight is 328 g/mol. The molecule has 0 aliphatic carbocycles. The third-order valence-corrected chi connectivity index (χ3v) is 4.11. The molecule has 1 fully saturated rings. The van der Waals surface area contributed by atoms with Crippen LogP contribution in [0.4, 0.5) is 5.82 Å². The first-order valence-corrected chi connectivity index (χ1v) is 7.91. The van der Waals surface area contributed by atoms with Crippen molar-refractivity contribution in [3.05, 3.63) is 48.0 Å². The lowest BCUT2D eigenvalue weighted by Crippen LogP contribution is -2.51. The fourth-order valence-electron chi connectivity index (χ4n) is 2.71. The highest BCUT2D eigenvalue weighted by Gasteiger charge is 2.22. The molecule has 2 aromatic rings. The van der Waals surface area contributed by atoms with Gasteiger partial charge >= 0.3 is 0 Å². The van der Waals surface area contributed by atoms with Crippen LogP contribution >= 0.6 is 0 Å². The molecule has 0 bridgehead atoms. The van der Waals surface area contributed by atoms with Gasteiger partial charge in [-0.05, 0) is 25.1 Å². The molecule has 126 valence electrons. The van der Waals surface area contributed by atoms with Gasteiger partial charge in [-0.3, -0.25) is 9.59 Å². The van der Waals surface area contributed by atoms with E-state index in [1.807, 2.05) is 18.2 Å². The second kappa shape index (κ2) is 7.16. The molecule has 1 saturated heterocycles. The maximum atomic E-state index is 12.3. The molecule has 2 amide bonds. The number of piperazine rings is 1. The standard InChI is InChI=1S/C17H20N4O3/c1-13-14(5-11-24-13)17(23)19-12-16(22)21-9-7-20(8-10-21)15-4-2-3-6-18-15/h2-6,11H,7-10,12H2,1H3,(H,19,23). The summed E-state index contributed by atoms with van der Waals surface area (Å²) in [5, 5.41) is 2.65. The Morgan fingerprint density at radius 1 is 1.21 bits per heavy atom. The molecule has 0 atom stereocenters. The molecule has 1 aliphatic rings. The molecule has 0 aromatic carbocycles. The van der Waals surface area contributed by atoms with Crippen LogP contribution in [-0.2, 0) is 4.79 Å². The topological polar surface area (TPSA) is 78.7 Å². The van der Waals surface area contributed by atoms with E-state index < -0.39 is 0 Å². The Morgan fingerprint density at radius 2 is 2.00 bits per heavy atom. The van der Waals surface area contributed by atoms with Gasteiger partial charge in [-0.2, -0.15) is 0 Å². The van der Waals surface area contributed by atoms with E-state index in [-0.39, 0.29) is 18.4 Å². The summed E-state index contributed by atoms with van der Waals surface area (Å²) in [4.78, 5) is 32.5. The highest BCUT2D eigenvalue weighted by molar-refractivity contribution is 5.97. The number of amides is 2.